The van der Waals surface area contributed by atoms with E-state index < -0.39 is 0 Å². The molecule has 14 nitrogen and oxygen atoms in total. The molecule has 2 bridgehead atoms. The first-order valence-corrected chi connectivity index (χ1v) is 17.9. The highest BCUT2D eigenvalue weighted by Gasteiger charge is 2.42. The molecule has 3 aromatic heterocycles. The molecular weight excluding hydrogens is 660 g/mol. The number of benzene rings is 1. The van der Waals surface area contributed by atoms with Crippen molar-refractivity contribution in [3.8, 4) is 22.8 Å². The van der Waals surface area contributed by atoms with Crippen molar-refractivity contribution in [1.82, 2.24) is 44.9 Å². The summed E-state index contributed by atoms with van der Waals surface area (Å²) in [5.74, 6) is 1.54. The molecule has 15 heteroatoms. The second-order valence-corrected chi connectivity index (χ2v) is 15.0. The second kappa shape index (κ2) is 15.2. The number of fused-ring (bicyclic) bond motifs is 2. The molecule has 0 amide bonds. The fourth-order valence-corrected chi connectivity index (χ4v) is 7.71. The average molecular weight is 707 g/mol. The van der Waals surface area contributed by atoms with Crippen LogP contribution in [0.3, 0.4) is 0 Å². The minimum Gasteiger partial charge on any atom is -0.487 e. The zero-order valence-corrected chi connectivity index (χ0v) is 30.0. The Hall–Kier alpha value is -3.85. The maximum Gasteiger partial charge on any atom is 0.256 e. The molecule has 1 saturated carbocycles. The molecule has 0 radical (unpaired) electrons. The molecule has 3 fully saturated rings. The highest BCUT2D eigenvalue weighted by molar-refractivity contribution is 6.32. The lowest BCUT2D eigenvalue weighted by Crippen LogP contribution is -2.52. The maximum atomic E-state index is 6.48. The molecule has 50 heavy (non-hydrogen) atoms. The molecule has 3 aliphatic rings. The van der Waals surface area contributed by atoms with E-state index in [4.69, 9.17) is 35.6 Å². The van der Waals surface area contributed by atoms with Gasteiger partial charge in [0.2, 0.25) is 5.95 Å². The van der Waals surface area contributed by atoms with Gasteiger partial charge in [-0.15, -0.1) is 10.2 Å². The van der Waals surface area contributed by atoms with Gasteiger partial charge in [0.1, 0.15) is 23.9 Å². The first-order chi connectivity index (χ1) is 24.2. The largest absolute Gasteiger partial charge is 0.487 e. The van der Waals surface area contributed by atoms with Crippen molar-refractivity contribution >= 4 is 23.2 Å². The highest BCUT2D eigenvalue weighted by atomic mass is 35.5. The quantitative estimate of drug-likeness (QED) is 0.175. The zero-order chi connectivity index (χ0) is 34.7. The van der Waals surface area contributed by atoms with Crippen molar-refractivity contribution in [1.29, 1.82) is 0 Å². The van der Waals surface area contributed by atoms with Crippen molar-refractivity contribution in [2.45, 2.75) is 96.1 Å². The van der Waals surface area contributed by atoms with E-state index in [0.717, 1.165) is 55.7 Å². The summed E-state index contributed by atoms with van der Waals surface area (Å²) < 4.78 is 27.4. The average Bonchev–Trinajstić information content (AvgIpc) is 3.83. The van der Waals surface area contributed by atoms with Crippen LogP contribution in [0.2, 0.25) is 5.02 Å². The summed E-state index contributed by atoms with van der Waals surface area (Å²) in [6, 6.07) is 7.72. The SMILES string of the molecule is COCC(C)(C)COc1nn(C2CCC(N3[C@@H]4CC[C@H]3COC4)CC2)cc1Nc1ncc(-c2ccc(Cl)c(O[C@@H](C)Cn3cnnn3)c2)cn1. The molecule has 7 rings (SSSR count). The van der Waals surface area contributed by atoms with Crippen LogP contribution in [0.4, 0.5) is 11.6 Å². The molecule has 0 spiro atoms. The maximum absolute atomic E-state index is 6.48. The van der Waals surface area contributed by atoms with Gasteiger partial charge < -0.3 is 24.3 Å². The van der Waals surface area contributed by atoms with Crippen LogP contribution in [0.5, 0.6) is 11.6 Å². The number of aromatic nitrogens is 8. The van der Waals surface area contributed by atoms with Crippen LogP contribution in [0.25, 0.3) is 11.1 Å². The number of anilines is 2. The number of tetrazole rings is 1. The Morgan fingerprint density at radius 1 is 0.980 bits per heavy atom. The van der Waals surface area contributed by atoms with E-state index in [-0.39, 0.29) is 11.5 Å². The lowest BCUT2D eigenvalue weighted by atomic mass is 9.89. The van der Waals surface area contributed by atoms with E-state index in [1.807, 2.05) is 31.3 Å². The Bertz CT molecular complexity index is 1680. The Balaban J connectivity index is 1.04. The van der Waals surface area contributed by atoms with Gasteiger partial charge in [-0.1, -0.05) is 31.5 Å². The van der Waals surface area contributed by atoms with Gasteiger partial charge in [-0.05, 0) is 73.6 Å². The van der Waals surface area contributed by atoms with Crippen LogP contribution in [0, 0.1) is 5.41 Å². The van der Waals surface area contributed by atoms with Crippen molar-refractivity contribution < 1.29 is 18.9 Å². The Labute approximate surface area is 297 Å². The van der Waals surface area contributed by atoms with Gasteiger partial charge in [0, 0.05) is 48.6 Å². The van der Waals surface area contributed by atoms with Crippen molar-refractivity contribution in [2.75, 3.05) is 38.9 Å². The predicted molar refractivity (Wildman–Crippen MR) is 188 cm³/mol. The number of hydrogen-bond donors (Lipinski definition) is 1. The first kappa shape index (κ1) is 34.6. The van der Waals surface area contributed by atoms with Crippen LogP contribution in [-0.4, -0.2) is 103 Å². The van der Waals surface area contributed by atoms with Gasteiger partial charge in [0.25, 0.3) is 5.88 Å². The molecule has 0 unspecified atom stereocenters. The summed E-state index contributed by atoms with van der Waals surface area (Å²) in [6.45, 7) is 9.44. The first-order valence-electron chi connectivity index (χ1n) is 17.6. The van der Waals surface area contributed by atoms with Gasteiger partial charge in [0.15, 0.2) is 0 Å². The molecule has 5 heterocycles. The Kier molecular flexibility index (Phi) is 10.5. The van der Waals surface area contributed by atoms with Crippen LogP contribution in [-0.2, 0) is 16.0 Å². The zero-order valence-electron chi connectivity index (χ0n) is 29.2. The van der Waals surface area contributed by atoms with E-state index in [1.165, 1.54) is 12.8 Å². The van der Waals surface area contributed by atoms with Crippen LogP contribution >= 0.6 is 11.6 Å². The Morgan fingerprint density at radius 2 is 1.70 bits per heavy atom. The smallest absolute Gasteiger partial charge is 0.256 e. The van der Waals surface area contributed by atoms with Gasteiger partial charge in [-0.2, -0.15) is 0 Å². The molecule has 4 aromatic rings. The van der Waals surface area contributed by atoms with Crippen LogP contribution in [0.1, 0.15) is 65.3 Å². The number of nitrogens with one attached hydrogen (secondary N) is 1. The molecule has 1 N–H and O–H groups in total. The van der Waals surface area contributed by atoms with Gasteiger partial charge >= 0.3 is 0 Å². The molecule has 2 aliphatic heterocycles. The predicted octanol–water partition coefficient (Wildman–Crippen LogP) is 5.59. The number of methoxy groups -OCH3 is 1. The number of halogens is 1. The summed E-state index contributed by atoms with van der Waals surface area (Å²) in [5, 5.41) is 20.1. The van der Waals surface area contributed by atoms with E-state index in [0.29, 0.717) is 66.5 Å². The third-order valence-corrected chi connectivity index (χ3v) is 10.2. The molecule has 1 aliphatic carbocycles. The highest BCUT2D eigenvalue weighted by Crippen LogP contribution is 2.40. The summed E-state index contributed by atoms with van der Waals surface area (Å²) in [7, 11) is 1.71. The van der Waals surface area contributed by atoms with E-state index in [1.54, 1.807) is 30.5 Å². The monoisotopic (exact) mass is 706 g/mol. The topological polar surface area (TPSA) is 139 Å². The lowest BCUT2D eigenvalue weighted by molar-refractivity contribution is -0.0458. The third kappa shape index (κ3) is 8.03. The summed E-state index contributed by atoms with van der Waals surface area (Å²) in [6.07, 6.45) is 13.9. The normalized spacial score (nSPS) is 23.1. The minimum absolute atomic E-state index is 0.184. The van der Waals surface area contributed by atoms with Gasteiger partial charge in [-0.3, -0.25) is 9.58 Å². The molecule has 268 valence electrons. The van der Waals surface area contributed by atoms with Crippen LogP contribution < -0.4 is 14.8 Å². The summed E-state index contributed by atoms with van der Waals surface area (Å²) >= 11 is 6.48. The summed E-state index contributed by atoms with van der Waals surface area (Å²) in [5.41, 5.74) is 2.25. The van der Waals surface area contributed by atoms with Crippen molar-refractivity contribution in [3.63, 3.8) is 0 Å². The lowest BCUT2D eigenvalue weighted by Gasteiger charge is -2.43. The number of ether oxygens (including phenoxy) is 4. The summed E-state index contributed by atoms with van der Waals surface area (Å²) in [4.78, 5) is 12.1. The third-order valence-electron chi connectivity index (χ3n) is 9.92. The fourth-order valence-electron chi connectivity index (χ4n) is 7.54. The number of hydrogen-bond acceptors (Lipinski definition) is 12. The second-order valence-electron chi connectivity index (χ2n) is 14.6. The van der Waals surface area contributed by atoms with Gasteiger partial charge in [0.05, 0.1) is 50.2 Å². The standard InChI is InChI=1S/C35H47ClN10O4/c1-23(16-44-22-39-42-43-44)50-32-13-24(5-12-30(32)36)25-14-37-34(38-15-25)40-31-17-45(41-33(31)49-21-35(2,3)20-47-4)26-6-8-27(9-7-26)46-28-10-11-29(46)19-48-18-28/h5,12-15,17,22-23,26-29H,6-11,16,18-21H2,1-4H3,(H,37,38,40)/t23-,26?,27?,28-,29+/m0/s1. The van der Waals surface area contributed by atoms with Gasteiger partial charge in [-0.25, -0.2) is 14.6 Å². The molecular formula is C35H47ClN10O4. The molecule has 2 saturated heterocycles. The van der Waals surface area contributed by atoms with E-state index >= 15 is 0 Å². The van der Waals surface area contributed by atoms with Crippen molar-refractivity contribution in [2.24, 2.45) is 5.41 Å². The van der Waals surface area contributed by atoms with E-state index in [2.05, 4.69) is 54.2 Å². The number of rotatable bonds is 14. The van der Waals surface area contributed by atoms with Crippen molar-refractivity contribution in [3.05, 3.63) is 48.1 Å². The number of morpholine rings is 1. The van der Waals surface area contributed by atoms with E-state index in [9.17, 15) is 0 Å². The number of nitrogens with zero attached hydrogens (tertiary/aromatic N) is 9. The Morgan fingerprint density at radius 3 is 2.40 bits per heavy atom. The molecule has 3 atom stereocenters. The van der Waals surface area contributed by atoms with Crippen LogP contribution in [0.15, 0.2) is 43.1 Å². The minimum atomic E-state index is -0.207. The fraction of sp³-hybridized carbons (Fsp3) is 0.600. The molecule has 1 aromatic carbocycles.